The molecule has 2 N–H and O–H groups in total. The second-order valence-corrected chi connectivity index (χ2v) is 7.32. The molecule has 1 aromatic rings. The summed E-state index contributed by atoms with van der Waals surface area (Å²) in [5, 5.41) is 0. The summed E-state index contributed by atoms with van der Waals surface area (Å²) >= 11 is 3.54. The highest BCUT2D eigenvalue weighted by atomic mass is 79.9. The fraction of sp³-hybridized carbons (Fsp3) is 0.588. The maximum absolute atomic E-state index is 6.15. The van der Waals surface area contributed by atoms with Crippen molar-refractivity contribution in [1.29, 1.82) is 0 Å². The number of halogens is 1. The molecule has 0 saturated carbocycles. The molecule has 126 valence electrons. The van der Waals surface area contributed by atoms with Crippen molar-refractivity contribution >= 4 is 27.6 Å². The molecule has 2 aliphatic heterocycles. The van der Waals surface area contributed by atoms with Crippen molar-refractivity contribution in [2.24, 2.45) is 16.6 Å². The highest BCUT2D eigenvalue weighted by Crippen LogP contribution is 2.26. The van der Waals surface area contributed by atoms with Crippen LogP contribution in [0, 0.1) is 5.92 Å². The third-order valence-corrected chi connectivity index (χ3v) is 5.03. The van der Waals surface area contributed by atoms with Crippen LogP contribution in [-0.4, -0.2) is 56.3 Å². The van der Waals surface area contributed by atoms with Gasteiger partial charge in [0.2, 0.25) is 0 Å². The number of rotatable bonds is 3. The number of nitrogens with two attached hydrogens (primary N) is 1. The molecule has 3 rings (SSSR count). The van der Waals surface area contributed by atoms with E-state index in [1.54, 1.807) is 0 Å². The van der Waals surface area contributed by atoms with Crippen LogP contribution in [-0.2, 0) is 4.74 Å². The van der Waals surface area contributed by atoms with Crippen LogP contribution in [0.2, 0.25) is 0 Å². The predicted octanol–water partition coefficient (Wildman–Crippen LogP) is 2.31. The van der Waals surface area contributed by atoms with Gasteiger partial charge >= 0.3 is 0 Å². The van der Waals surface area contributed by atoms with Crippen LogP contribution in [0.3, 0.4) is 0 Å². The number of benzene rings is 1. The summed E-state index contributed by atoms with van der Waals surface area (Å²) in [4.78, 5) is 9.20. The molecular weight excluding hydrogens is 356 g/mol. The standard InChI is InChI=1S/C17H25BrN4O/c1-13-11-22(7-8-23-13)17(19)20-10-14-5-6-21(12-14)16-4-2-3-15(18)9-16/h2-4,9,13-14H,5-8,10-12H2,1H3,(H2,19,20). The van der Waals surface area contributed by atoms with E-state index in [0.717, 1.165) is 43.8 Å². The number of hydrogen-bond donors (Lipinski definition) is 1. The Kier molecular flexibility index (Phi) is 5.43. The lowest BCUT2D eigenvalue weighted by molar-refractivity contribution is 0.00528. The zero-order chi connectivity index (χ0) is 16.2. The van der Waals surface area contributed by atoms with Crippen LogP contribution in [0.25, 0.3) is 0 Å². The topological polar surface area (TPSA) is 54.1 Å². The molecular formula is C17H25BrN4O. The molecule has 2 fully saturated rings. The van der Waals surface area contributed by atoms with E-state index >= 15 is 0 Å². The minimum Gasteiger partial charge on any atom is -0.375 e. The first-order chi connectivity index (χ1) is 11.1. The molecule has 2 aliphatic rings. The number of hydrogen-bond acceptors (Lipinski definition) is 3. The molecule has 6 heteroatoms. The molecule has 2 unspecified atom stereocenters. The van der Waals surface area contributed by atoms with Gasteiger partial charge in [0.05, 0.1) is 12.7 Å². The van der Waals surface area contributed by atoms with Gasteiger partial charge in [-0.1, -0.05) is 22.0 Å². The fourth-order valence-corrected chi connectivity index (χ4v) is 3.63. The molecule has 0 spiro atoms. The predicted molar refractivity (Wildman–Crippen MR) is 97.9 cm³/mol. The van der Waals surface area contributed by atoms with E-state index in [2.05, 4.69) is 61.9 Å². The average molecular weight is 381 g/mol. The van der Waals surface area contributed by atoms with Gasteiger partial charge in [0.25, 0.3) is 0 Å². The number of anilines is 1. The molecule has 0 amide bonds. The second kappa shape index (κ2) is 7.53. The summed E-state index contributed by atoms with van der Waals surface area (Å²) in [6.07, 6.45) is 1.40. The number of nitrogens with zero attached hydrogens (tertiary/aromatic N) is 3. The van der Waals surface area contributed by atoms with Crippen molar-refractivity contribution in [2.75, 3.05) is 44.2 Å². The molecule has 0 radical (unpaired) electrons. The van der Waals surface area contributed by atoms with Crippen LogP contribution < -0.4 is 10.6 Å². The lowest BCUT2D eigenvalue weighted by Gasteiger charge is -2.32. The molecule has 5 nitrogen and oxygen atoms in total. The van der Waals surface area contributed by atoms with Crippen molar-refractivity contribution in [1.82, 2.24) is 4.90 Å². The van der Waals surface area contributed by atoms with E-state index in [1.165, 1.54) is 12.1 Å². The summed E-state index contributed by atoms with van der Waals surface area (Å²) in [6.45, 7) is 7.43. The summed E-state index contributed by atoms with van der Waals surface area (Å²) in [7, 11) is 0. The first kappa shape index (κ1) is 16.6. The van der Waals surface area contributed by atoms with Crippen LogP contribution in [0.1, 0.15) is 13.3 Å². The summed E-state index contributed by atoms with van der Waals surface area (Å²) in [5.74, 6) is 1.24. The highest BCUT2D eigenvalue weighted by Gasteiger charge is 2.23. The Morgan fingerprint density at radius 1 is 1.39 bits per heavy atom. The lowest BCUT2D eigenvalue weighted by atomic mass is 10.1. The van der Waals surface area contributed by atoms with Crippen molar-refractivity contribution in [2.45, 2.75) is 19.4 Å². The van der Waals surface area contributed by atoms with Gasteiger partial charge in [-0.15, -0.1) is 0 Å². The van der Waals surface area contributed by atoms with Crippen LogP contribution in [0.4, 0.5) is 5.69 Å². The molecule has 0 bridgehead atoms. The van der Waals surface area contributed by atoms with E-state index < -0.39 is 0 Å². The molecule has 2 atom stereocenters. The fourth-order valence-electron chi connectivity index (χ4n) is 3.24. The number of morpholine rings is 1. The van der Waals surface area contributed by atoms with Crippen molar-refractivity contribution in [3.05, 3.63) is 28.7 Å². The van der Waals surface area contributed by atoms with Gasteiger partial charge in [0, 0.05) is 42.9 Å². The van der Waals surface area contributed by atoms with E-state index in [0.29, 0.717) is 11.9 Å². The Labute approximate surface area is 146 Å². The average Bonchev–Trinajstić information content (AvgIpc) is 3.01. The van der Waals surface area contributed by atoms with E-state index in [9.17, 15) is 0 Å². The van der Waals surface area contributed by atoms with Crippen molar-refractivity contribution < 1.29 is 4.74 Å². The Hall–Kier alpha value is -1.27. The van der Waals surface area contributed by atoms with Gasteiger partial charge in [0.15, 0.2) is 5.96 Å². The molecule has 0 aliphatic carbocycles. The number of aliphatic imine (C=N–C) groups is 1. The minimum atomic E-state index is 0.232. The van der Waals surface area contributed by atoms with Gasteiger partial charge < -0.3 is 20.3 Å². The monoisotopic (exact) mass is 380 g/mol. The Morgan fingerprint density at radius 2 is 2.26 bits per heavy atom. The van der Waals surface area contributed by atoms with Gasteiger partial charge in [-0.2, -0.15) is 0 Å². The summed E-state index contributed by atoms with van der Waals surface area (Å²) in [6, 6.07) is 8.49. The first-order valence-corrected chi connectivity index (χ1v) is 9.08. The van der Waals surface area contributed by atoms with E-state index in [-0.39, 0.29) is 6.10 Å². The van der Waals surface area contributed by atoms with Gasteiger partial charge in [-0.05, 0) is 37.5 Å². The highest BCUT2D eigenvalue weighted by molar-refractivity contribution is 9.10. The largest absolute Gasteiger partial charge is 0.375 e. The summed E-state index contributed by atoms with van der Waals surface area (Å²) < 4.78 is 6.67. The van der Waals surface area contributed by atoms with Crippen LogP contribution in [0.5, 0.6) is 0 Å². The first-order valence-electron chi connectivity index (χ1n) is 8.29. The molecule has 2 heterocycles. The maximum Gasteiger partial charge on any atom is 0.191 e. The second-order valence-electron chi connectivity index (χ2n) is 6.41. The lowest BCUT2D eigenvalue weighted by Crippen LogP contribution is -2.48. The quantitative estimate of drug-likeness (QED) is 0.645. The molecule has 0 aromatic heterocycles. The van der Waals surface area contributed by atoms with Crippen LogP contribution in [0.15, 0.2) is 33.7 Å². The zero-order valence-electron chi connectivity index (χ0n) is 13.6. The molecule has 2 saturated heterocycles. The molecule has 23 heavy (non-hydrogen) atoms. The van der Waals surface area contributed by atoms with Crippen LogP contribution >= 0.6 is 15.9 Å². The summed E-state index contributed by atoms with van der Waals surface area (Å²) in [5.41, 5.74) is 7.43. The SMILES string of the molecule is CC1CN(C(N)=NCC2CCN(c3cccc(Br)c3)C2)CCO1. The van der Waals surface area contributed by atoms with Crippen molar-refractivity contribution in [3.63, 3.8) is 0 Å². The zero-order valence-corrected chi connectivity index (χ0v) is 15.2. The molecule has 1 aromatic carbocycles. The van der Waals surface area contributed by atoms with Gasteiger partial charge in [-0.25, -0.2) is 0 Å². The van der Waals surface area contributed by atoms with Crippen molar-refractivity contribution in [3.8, 4) is 0 Å². The third-order valence-electron chi connectivity index (χ3n) is 4.54. The maximum atomic E-state index is 6.15. The van der Waals surface area contributed by atoms with Gasteiger partial charge in [-0.3, -0.25) is 4.99 Å². The number of guanidine groups is 1. The third kappa shape index (κ3) is 4.38. The van der Waals surface area contributed by atoms with E-state index in [1.807, 2.05) is 0 Å². The van der Waals surface area contributed by atoms with Gasteiger partial charge in [0.1, 0.15) is 0 Å². The Bertz CT molecular complexity index is 565. The smallest absolute Gasteiger partial charge is 0.191 e. The minimum absolute atomic E-state index is 0.232. The van der Waals surface area contributed by atoms with E-state index in [4.69, 9.17) is 10.5 Å². The Morgan fingerprint density at radius 3 is 3.04 bits per heavy atom. The number of ether oxygens (including phenoxy) is 1. The normalized spacial score (nSPS) is 25.9. The Balaban J connectivity index is 1.52.